The van der Waals surface area contributed by atoms with E-state index in [9.17, 15) is 9.18 Å². The van der Waals surface area contributed by atoms with Gasteiger partial charge in [0.1, 0.15) is 5.82 Å². The minimum Gasteiger partial charge on any atom is -0.382 e. The highest BCUT2D eigenvalue weighted by molar-refractivity contribution is 6.30. The van der Waals surface area contributed by atoms with Crippen molar-refractivity contribution in [2.75, 3.05) is 33.4 Å². The average Bonchev–Trinajstić information content (AvgIpc) is 2.55. The lowest BCUT2D eigenvalue weighted by Gasteiger charge is -2.37. The zero-order chi connectivity index (χ0) is 18.6. The predicted molar refractivity (Wildman–Crippen MR) is 95.6 cm³/mol. The SMILES string of the molecule is COCC1CN(C(=O)NCC(C)(C)c2cccc(Cl)c2F)CC(C)O1. The van der Waals surface area contributed by atoms with E-state index in [2.05, 4.69) is 5.32 Å². The third kappa shape index (κ3) is 5.06. The maximum Gasteiger partial charge on any atom is 0.317 e. The topological polar surface area (TPSA) is 50.8 Å². The number of benzene rings is 1. The fourth-order valence-corrected chi connectivity index (χ4v) is 3.19. The highest BCUT2D eigenvalue weighted by Gasteiger charge is 2.30. The molecule has 25 heavy (non-hydrogen) atoms. The molecule has 1 aromatic carbocycles. The number of hydrogen-bond donors (Lipinski definition) is 1. The summed E-state index contributed by atoms with van der Waals surface area (Å²) < 4.78 is 25.1. The number of rotatable bonds is 5. The van der Waals surface area contributed by atoms with Crippen LogP contribution in [-0.4, -0.2) is 56.5 Å². The number of nitrogens with zero attached hydrogens (tertiary/aromatic N) is 1. The lowest BCUT2D eigenvalue weighted by Crippen LogP contribution is -2.54. The summed E-state index contributed by atoms with van der Waals surface area (Å²) in [4.78, 5) is 14.2. The second-order valence-electron chi connectivity index (χ2n) is 7.07. The molecule has 7 heteroatoms. The molecule has 1 aromatic rings. The van der Waals surface area contributed by atoms with Crippen molar-refractivity contribution in [2.45, 2.75) is 38.4 Å². The zero-order valence-corrected chi connectivity index (χ0v) is 15.9. The lowest BCUT2D eigenvalue weighted by atomic mass is 9.84. The van der Waals surface area contributed by atoms with Gasteiger partial charge >= 0.3 is 6.03 Å². The van der Waals surface area contributed by atoms with E-state index in [4.69, 9.17) is 21.1 Å². The van der Waals surface area contributed by atoms with Crippen LogP contribution in [0.15, 0.2) is 18.2 Å². The van der Waals surface area contributed by atoms with Crippen molar-refractivity contribution in [3.8, 4) is 0 Å². The molecule has 1 aliphatic heterocycles. The monoisotopic (exact) mass is 372 g/mol. The van der Waals surface area contributed by atoms with Crippen molar-refractivity contribution in [1.29, 1.82) is 0 Å². The molecule has 2 rings (SSSR count). The molecule has 0 bridgehead atoms. The maximum atomic E-state index is 14.3. The first-order valence-electron chi connectivity index (χ1n) is 8.36. The van der Waals surface area contributed by atoms with Crippen LogP contribution >= 0.6 is 11.6 Å². The minimum atomic E-state index is -0.589. The molecule has 1 aliphatic rings. The largest absolute Gasteiger partial charge is 0.382 e. The van der Waals surface area contributed by atoms with Gasteiger partial charge in [-0.2, -0.15) is 0 Å². The van der Waals surface area contributed by atoms with Gasteiger partial charge in [-0.25, -0.2) is 9.18 Å². The first kappa shape index (κ1) is 19.9. The molecule has 0 radical (unpaired) electrons. The van der Waals surface area contributed by atoms with Crippen molar-refractivity contribution >= 4 is 17.6 Å². The van der Waals surface area contributed by atoms with E-state index in [1.54, 1.807) is 24.1 Å². The number of halogens is 2. The van der Waals surface area contributed by atoms with Gasteiger partial charge in [0.15, 0.2) is 0 Å². The Balaban J connectivity index is 1.99. The highest BCUT2D eigenvalue weighted by Crippen LogP contribution is 2.29. The first-order valence-corrected chi connectivity index (χ1v) is 8.74. The molecule has 1 saturated heterocycles. The third-order valence-electron chi connectivity index (χ3n) is 4.33. The summed E-state index contributed by atoms with van der Waals surface area (Å²) in [5.41, 5.74) is -0.109. The maximum absolute atomic E-state index is 14.3. The highest BCUT2D eigenvalue weighted by atomic mass is 35.5. The van der Waals surface area contributed by atoms with Crippen LogP contribution in [0.2, 0.25) is 5.02 Å². The summed E-state index contributed by atoms with van der Waals surface area (Å²) in [5, 5.41) is 2.99. The third-order valence-corrected chi connectivity index (χ3v) is 4.62. The quantitative estimate of drug-likeness (QED) is 0.863. The number of urea groups is 1. The van der Waals surface area contributed by atoms with Gasteiger partial charge in [-0.05, 0) is 18.6 Å². The van der Waals surface area contributed by atoms with E-state index in [0.717, 1.165) is 0 Å². The summed E-state index contributed by atoms with van der Waals surface area (Å²) in [6, 6.07) is 4.73. The molecule has 0 spiro atoms. The molecule has 1 fully saturated rings. The fraction of sp³-hybridized carbons (Fsp3) is 0.611. The number of hydrogen-bond acceptors (Lipinski definition) is 3. The number of amides is 2. The van der Waals surface area contributed by atoms with Gasteiger partial charge in [0, 0.05) is 25.6 Å². The van der Waals surface area contributed by atoms with Gasteiger partial charge in [0.05, 0.1) is 30.4 Å². The van der Waals surface area contributed by atoms with E-state index in [0.29, 0.717) is 31.8 Å². The van der Waals surface area contributed by atoms with Crippen LogP contribution in [0.3, 0.4) is 0 Å². The number of morpholine rings is 1. The van der Waals surface area contributed by atoms with Gasteiger partial charge < -0.3 is 19.7 Å². The Kier molecular flexibility index (Phi) is 6.65. The fourth-order valence-electron chi connectivity index (χ4n) is 3.02. The van der Waals surface area contributed by atoms with Gasteiger partial charge in [-0.15, -0.1) is 0 Å². The minimum absolute atomic E-state index is 0.0574. The Labute approximate surface area is 153 Å². The van der Waals surface area contributed by atoms with Crippen LogP contribution < -0.4 is 5.32 Å². The summed E-state index contributed by atoms with van der Waals surface area (Å²) in [5.74, 6) is -0.441. The number of ether oxygens (including phenoxy) is 2. The number of nitrogens with one attached hydrogen (secondary N) is 1. The molecule has 0 aromatic heterocycles. The van der Waals surface area contributed by atoms with Crippen LogP contribution in [0.5, 0.6) is 0 Å². The van der Waals surface area contributed by atoms with E-state index in [1.165, 1.54) is 6.07 Å². The summed E-state index contributed by atoms with van der Waals surface area (Å²) in [6.07, 6.45) is -0.198. The van der Waals surface area contributed by atoms with Crippen molar-refractivity contribution in [1.82, 2.24) is 10.2 Å². The number of methoxy groups -OCH3 is 1. The molecular weight excluding hydrogens is 347 g/mol. The molecule has 2 atom stereocenters. The molecular formula is C18H26ClFN2O3. The number of carbonyl (C=O) groups excluding carboxylic acids is 1. The Bertz CT molecular complexity index is 612. The smallest absolute Gasteiger partial charge is 0.317 e. The summed E-state index contributed by atoms with van der Waals surface area (Å²) in [6.45, 7) is 7.38. The van der Waals surface area contributed by atoms with Crippen molar-refractivity contribution in [3.63, 3.8) is 0 Å². The molecule has 1 N–H and O–H groups in total. The molecule has 2 unspecified atom stereocenters. The van der Waals surface area contributed by atoms with Crippen LogP contribution in [-0.2, 0) is 14.9 Å². The van der Waals surface area contributed by atoms with Crippen LogP contribution in [0, 0.1) is 5.82 Å². The summed E-state index contributed by atoms with van der Waals surface area (Å²) >= 11 is 5.87. The van der Waals surface area contributed by atoms with Crippen molar-refractivity contribution in [3.05, 3.63) is 34.6 Å². The second kappa shape index (κ2) is 8.34. The van der Waals surface area contributed by atoms with Crippen LogP contribution in [0.1, 0.15) is 26.3 Å². The Morgan fingerprint density at radius 2 is 2.20 bits per heavy atom. The Morgan fingerprint density at radius 1 is 1.48 bits per heavy atom. The molecule has 1 heterocycles. The van der Waals surface area contributed by atoms with Crippen molar-refractivity contribution < 1.29 is 18.7 Å². The molecule has 2 amide bonds. The predicted octanol–water partition coefficient (Wildman–Crippen LogP) is 3.20. The van der Waals surface area contributed by atoms with E-state index >= 15 is 0 Å². The average molecular weight is 373 g/mol. The van der Waals surface area contributed by atoms with E-state index in [1.807, 2.05) is 20.8 Å². The van der Waals surface area contributed by atoms with Gasteiger partial charge in [-0.3, -0.25) is 0 Å². The molecule has 0 aliphatic carbocycles. The Morgan fingerprint density at radius 3 is 2.88 bits per heavy atom. The Hall–Kier alpha value is -1.37. The van der Waals surface area contributed by atoms with Crippen LogP contribution in [0.4, 0.5) is 9.18 Å². The number of carbonyl (C=O) groups is 1. The van der Waals surface area contributed by atoms with Gasteiger partial charge in [0.2, 0.25) is 0 Å². The second-order valence-corrected chi connectivity index (χ2v) is 7.48. The molecule has 0 saturated carbocycles. The van der Waals surface area contributed by atoms with Crippen LogP contribution in [0.25, 0.3) is 0 Å². The molecule has 5 nitrogen and oxygen atoms in total. The molecule has 140 valence electrons. The normalized spacial score (nSPS) is 21.3. The van der Waals surface area contributed by atoms with Gasteiger partial charge in [0.25, 0.3) is 0 Å². The van der Waals surface area contributed by atoms with E-state index in [-0.39, 0.29) is 23.3 Å². The summed E-state index contributed by atoms with van der Waals surface area (Å²) in [7, 11) is 1.61. The first-order chi connectivity index (χ1) is 11.7. The van der Waals surface area contributed by atoms with Gasteiger partial charge in [-0.1, -0.05) is 37.6 Å². The zero-order valence-electron chi connectivity index (χ0n) is 15.1. The standard InChI is InChI=1S/C18H26ClFN2O3/c1-12-8-22(9-13(25-12)10-24-4)17(23)21-11-18(2,3)14-6-5-7-15(19)16(14)20/h5-7,12-13H,8-11H2,1-4H3,(H,21,23). The lowest BCUT2D eigenvalue weighted by molar-refractivity contribution is -0.0897. The van der Waals surface area contributed by atoms with E-state index < -0.39 is 11.2 Å². The van der Waals surface area contributed by atoms with Crippen molar-refractivity contribution in [2.24, 2.45) is 0 Å².